The van der Waals surface area contributed by atoms with Crippen LogP contribution in [-0.2, 0) is 16.5 Å². The van der Waals surface area contributed by atoms with Crippen molar-refractivity contribution < 1.29 is 57.2 Å². The first-order valence-corrected chi connectivity index (χ1v) is 13.3. The molecule has 0 heterocycles. The molecule has 0 fully saturated rings. The van der Waals surface area contributed by atoms with E-state index in [1.54, 1.807) is 43.3 Å². The number of carbonyl (C=O) groups excluding carboxylic acids is 1. The molecule has 39 heavy (non-hydrogen) atoms. The molecule has 0 atom stereocenters. The molecule has 0 saturated carbocycles. The van der Waals surface area contributed by atoms with Crippen molar-refractivity contribution in [2.75, 3.05) is 12.4 Å². The average Bonchev–Trinajstić information content (AvgIpc) is 2.87. The van der Waals surface area contributed by atoms with E-state index in [4.69, 9.17) is 27.9 Å². The molecule has 9 nitrogen and oxygen atoms in total. The number of nitrogens with zero attached hydrogens (tertiary/aromatic N) is 2. The van der Waals surface area contributed by atoms with Gasteiger partial charge in [-0.2, -0.15) is 13.5 Å². The van der Waals surface area contributed by atoms with E-state index < -0.39 is 26.7 Å². The van der Waals surface area contributed by atoms with Gasteiger partial charge < -0.3 is 15.2 Å². The first-order chi connectivity index (χ1) is 18.0. The Morgan fingerprint density at radius 2 is 1.79 bits per heavy atom. The van der Waals surface area contributed by atoms with Crippen LogP contribution in [-0.4, -0.2) is 26.0 Å². The number of fused-ring (bicyclic) bond motifs is 1. The van der Waals surface area contributed by atoms with Crippen molar-refractivity contribution in [3.05, 3.63) is 81.8 Å². The Morgan fingerprint density at radius 1 is 1.08 bits per heavy atom. The number of rotatable bonds is 7. The van der Waals surface area contributed by atoms with E-state index in [2.05, 4.69) is 15.5 Å². The Balaban J connectivity index is 0.00000420. The maximum Gasteiger partial charge on any atom is 1.00 e. The summed E-state index contributed by atoms with van der Waals surface area (Å²) in [5, 5.41) is 25.5. The topological polar surface area (TPSA) is 140 Å². The zero-order chi connectivity index (χ0) is 27.6. The molecule has 0 radical (unpaired) electrons. The maximum absolute atomic E-state index is 13.4. The number of halogens is 2. The number of hydrogen-bond donors (Lipinski definition) is 2. The second-order valence-electron chi connectivity index (χ2n) is 8.06. The standard InChI is InChI=1S/C26H21Cl2N3O6S.Na/c1-3-18-21(28)8-9-22(25(18)38(34,35)36)30-31-23-19-7-5-4-6-14(19)10-20(24(23)32)26(33)29-16-11-15(27)12-17(13-16)37-2;/h4-13,32H,3H2,1-2H3,(H,29,33)(H,34,35,36);/q;+1/p-1. The molecular formula is C26H20Cl2N3NaO6S. The summed E-state index contributed by atoms with van der Waals surface area (Å²) in [6, 6.07) is 15.4. The summed E-state index contributed by atoms with van der Waals surface area (Å²) < 4.78 is 39.2. The Kier molecular flexibility index (Phi) is 10.0. The van der Waals surface area contributed by atoms with Crippen molar-refractivity contribution in [2.45, 2.75) is 18.2 Å². The number of benzene rings is 4. The minimum Gasteiger partial charge on any atom is -0.870 e. The Hall–Kier alpha value is -2.70. The van der Waals surface area contributed by atoms with E-state index >= 15 is 0 Å². The Bertz CT molecular complexity index is 1710. The molecule has 0 bridgehead atoms. The molecule has 0 aliphatic carbocycles. The number of amides is 1. The number of carbonyl (C=O) groups is 1. The summed E-state index contributed by atoms with van der Waals surface area (Å²) in [5.41, 5.74) is -0.162. The van der Waals surface area contributed by atoms with Crippen molar-refractivity contribution in [3.8, 4) is 11.5 Å². The van der Waals surface area contributed by atoms with E-state index in [0.717, 1.165) is 0 Å². The summed E-state index contributed by atoms with van der Waals surface area (Å²) in [5.74, 6) is -1.05. The van der Waals surface area contributed by atoms with Crippen LogP contribution in [0.5, 0.6) is 11.5 Å². The molecule has 13 heteroatoms. The largest absolute Gasteiger partial charge is 1.00 e. The van der Waals surface area contributed by atoms with Crippen LogP contribution in [0.2, 0.25) is 10.0 Å². The van der Waals surface area contributed by atoms with Gasteiger partial charge in [0, 0.05) is 32.7 Å². The van der Waals surface area contributed by atoms with Gasteiger partial charge in [0.1, 0.15) is 16.3 Å². The number of methoxy groups -OCH3 is 1. The number of azo groups is 1. The molecule has 0 aliphatic rings. The minimum atomic E-state index is -4.72. The fraction of sp³-hybridized carbons (Fsp3) is 0.115. The molecule has 4 aromatic carbocycles. The fourth-order valence-electron chi connectivity index (χ4n) is 3.92. The molecular weight excluding hydrogens is 576 g/mol. The first kappa shape index (κ1) is 30.8. The number of nitrogens with one attached hydrogen (secondary N) is 1. The smallest absolute Gasteiger partial charge is 0.870 e. The Labute approximate surface area is 256 Å². The van der Waals surface area contributed by atoms with Crippen molar-refractivity contribution >= 4 is 67.1 Å². The van der Waals surface area contributed by atoms with Crippen molar-refractivity contribution in [3.63, 3.8) is 0 Å². The minimum absolute atomic E-state index is 0. The molecule has 0 spiro atoms. The summed E-state index contributed by atoms with van der Waals surface area (Å²) in [6.45, 7) is 1.66. The van der Waals surface area contributed by atoms with Crippen LogP contribution in [0, 0.1) is 0 Å². The normalized spacial score (nSPS) is 11.4. The summed E-state index contributed by atoms with van der Waals surface area (Å²) >= 11 is 12.2. The van der Waals surface area contributed by atoms with Gasteiger partial charge in [-0.1, -0.05) is 60.1 Å². The molecule has 0 unspecified atom stereocenters. The fourth-order valence-corrected chi connectivity index (χ4v) is 5.43. The first-order valence-electron chi connectivity index (χ1n) is 11.1. The molecule has 4 rings (SSSR count). The second-order valence-corrected chi connectivity index (χ2v) is 10.3. The molecule has 196 valence electrons. The predicted molar refractivity (Wildman–Crippen MR) is 144 cm³/mol. The molecule has 0 aliphatic heterocycles. The van der Waals surface area contributed by atoms with Gasteiger partial charge in [0.2, 0.25) is 0 Å². The van der Waals surface area contributed by atoms with Crippen LogP contribution in [0.3, 0.4) is 0 Å². The number of ether oxygens (including phenoxy) is 1. The van der Waals surface area contributed by atoms with Crippen LogP contribution < -0.4 is 44.7 Å². The molecule has 4 aromatic rings. The predicted octanol–water partition coefficient (Wildman–Crippen LogP) is 3.71. The van der Waals surface area contributed by atoms with Crippen LogP contribution in [0.15, 0.2) is 75.8 Å². The van der Waals surface area contributed by atoms with Crippen LogP contribution in [0.25, 0.3) is 10.8 Å². The van der Waals surface area contributed by atoms with Gasteiger partial charge in [-0.05, 0) is 47.7 Å². The molecule has 2 N–H and O–H groups in total. The van der Waals surface area contributed by atoms with E-state index in [1.165, 1.54) is 31.4 Å². The van der Waals surface area contributed by atoms with Gasteiger partial charge in [-0.15, -0.1) is 5.11 Å². The van der Waals surface area contributed by atoms with Crippen molar-refractivity contribution in [1.29, 1.82) is 0 Å². The number of hydrogen-bond acceptors (Lipinski definition) is 7. The van der Waals surface area contributed by atoms with E-state index in [-0.39, 0.29) is 63.5 Å². The van der Waals surface area contributed by atoms with Gasteiger partial charge in [0.15, 0.2) is 0 Å². The zero-order valence-corrected chi connectivity index (χ0v) is 25.4. The van der Waals surface area contributed by atoms with Gasteiger partial charge in [-0.3, -0.25) is 9.35 Å². The third kappa shape index (κ3) is 6.72. The maximum atomic E-state index is 13.4. The van der Waals surface area contributed by atoms with Crippen LogP contribution >= 0.6 is 23.2 Å². The Morgan fingerprint density at radius 3 is 2.46 bits per heavy atom. The van der Waals surface area contributed by atoms with E-state index in [0.29, 0.717) is 27.2 Å². The van der Waals surface area contributed by atoms with Gasteiger partial charge >= 0.3 is 29.6 Å². The number of anilines is 1. The zero-order valence-electron chi connectivity index (χ0n) is 21.0. The third-order valence-electron chi connectivity index (χ3n) is 5.64. The summed E-state index contributed by atoms with van der Waals surface area (Å²) in [6.07, 6.45) is 0.191. The second kappa shape index (κ2) is 12.6. The monoisotopic (exact) mass is 595 g/mol. The van der Waals surface area contributed by atoms with Gasteiger partial charge in [0.05, 0.1) is 12.8 Å². The summed E-state index contributed by atoms with van der Waals surface area (Å²) in [7, 11) is -3.27. The SMILES string of the molecule is CCc1c(Cl)ccc(N=Nc2c([O-])c(C(=O)Nc3cc(Cl)cc(OC)c3)cc3ccccc23)c1S(=O)(=O)O.[Na+]. The van der Waals surface area contributed by atoms with Gasteiger partial charge in [-0.25, -0.2) is 0 Å². The quantitative estimate of drug-likeness (QED) is 0.189. The molecule has 1 amide bonds. The third-order valence-corrected chi connectivity index (χ3v) is 7.18. The molecule has 0 aromatic heterocycles. The van der Waals surface area contributed by atoms with Crippen molar-refractivity contribution in [2.24, 2.45) is 10.2 Å². The molecule has 0 saturated heterocycles. The van der Waals surface area contributed by atoms with Crippen LogP contribution in [0.1, 0.15) is 22.8 Å². The van der Waals surface area contributed by atoms with Crippen LogP contribution in [0.4, 0.5) is 17.1 Å². The summed E-state index contributed by atoms with van der Waals surface area (Å²) in [4.78, 5) is 12.6. The van der Waals surface area contributed by atoms with Gasteiger partial charge in [0.25, 0.3) is 16.0 Å². The van der Waals surface area contributed by atoms with Crippen molar-refractivity contribution in [1.82, 2.24) is 0 Å². The van der Waals surface area contributed by atoms with E-state index in [9.17, 15) is 22.9 Å². The van der Waals surface area contributed by atoms with E-state index in [1.807, 2.05) is 0 Å². The average molecular weight is 596 g/mol.